The molecule has 0 N–H and O–H groups in total. The molecule has 0 unspecified atom stereocenters. The van der Waals surface area contributed by atoms with Crippen LogP contribution in [0.4, 0.5) is 0 Å². The van der Waals surface area contributed by atoms with Gasteiger partial charge < -0.3 is 0 Å². The Morgan fingerprint density at radius 3 is 1.42 bits per heavy atom. The van der Waals surface area contributed by atoms with Gasteiger partial charge in [0.15, 0.2) is 0 Å². The van der Waals surface area contributed by atoms with E-state index in [-0.39, 0.29) is 0 Å². The maximum atomic E-state index is 2.37. The average molecular weight is 343 g/mol. The summed E-state index contributed by atoms with van der Waals surface area (Å²) in [5.74, 6) is 0. The molecular weight excluding hydrogens is 312 g/mol. The lowest BCUT2D eigenvalue weighted by atomic mass is 9.92. The normalized spacial score (nSPS) is 10.8. The van der Waals surface area contributed by atoms with Gasteiger partial charge in [0.05, 0.1) is 0 Å². The van der Waals surface area contributed by atoms with Crippen molar-refractivity contribution in [2.75, 3.05) is 0 Å². The molecular formula is C26H30. The minimum absolute atomic E-state index is 1.17. The summed E-state index contributed by atoms with van der Waals surface area (Å²) in [4.78, 5) is 0. The first-order chi connectivity index (χ1) is 12.8. The van der Waals surface area contributed by atoms with Crippen molar-refractivity contribution in [3.8, 4) is 22.3 Å². The van der Waals surface area contributed by atoms with E-state index in [0.717, 1.165) is 0 Å². The summed E-state index contributed by atoms with van der Waals surface area (Å²) < 4.78 is 0. The van der Waals surface area contributed by atoms with Crippen LogP contribution in [-0.4, -0.2) is 0 Å². The van der Waals surface area contributed by atoms with E-state index in [1.165, 1.54) is 71.9 Å². The Morgan fingerprint density at radius 2 is 1.00 bits per heavy atom. The number of rotatable bonds is 8. The topological polar surface area (TPSA) is 0 Å². The predicted octanol–water partition coefficient (Wildman–Crippen LogP) is 7.71. The molecule has 0 saturated carbocycles. The van der Waals surface area contributed by atoms with Gasteiger partial charge in [0.1, 0.15) is 0 Å². The van der Waals surface area contributed by atoms with Crippen LogP contribution in [0.15, 0.2) is 72.8 Å². The molecule has 0 fully saturated rings. The fourth-order valence-electron chi connectivity index (χ4n) is 3.54. The van der Waals surface area contributed by atoms with Gasteiger partial charge in [-0.25, -0.2) is 0 Å². The summed E-state index contributed by atoms with van der Waals surface area (Å²) >= 11 is 0. The Hall–Kier alpha value is -2.34. The molecule has 0 amide bonds. The van der Waals surface area contributed by atoms with Gasteiger partial charge in [-0.1, -0.05) is 99.5 Å². The van der Waals surface area contributed by atoms with Crippen molar-refractivity contribution in [1.29, 1.82) is 0 Å². The molecule has 0 heteroatoms. The van der Waals surface area contributed by atoms with Crippen molar-refractivity contribution in [3.63, 3.8) is 0 Å². The van der Waals surface area contributed by atoms with Crippen molar-refractivity contribution in [2.45, 2.75) is 52.4 Å². The molecule has 0 heterocycles. The van der Waals surface area contributed by atoms with E-state index in [2.05, 4.69) is 86.6 Å². The monoisotopic (exact) mass is 342 g/mol. The Balaban J connectivity index is 1.96. The molecule has 0 spiro atoms. The Bertz CT molecular complexity index is 758. The summed E-state index contributed by atoms with van der Waals surface area (Å²) in [6, 6.07) is 27.0. The van der Waals surface area contributed by atoms with Crippen molar-refractivity contribution < 1.29 is 0 Å². The molecule has 0 aliphatic carbocycles. The zero-order chi connectivity index (χ0) is 18.2. The molecule has 0 nitrogen and oxygen atoms in total. The molecule has 3 aromatic carbocycles. The zero-order valence-corrected chi connectivity index (χ0v) is 16.2. The van der Waals surface area contributed by atoms with Gasteiger partial charge in [-0.15, -0.1) is 0 Å². The number of benzene rings is 3. The molecule has 3 rings (SSSR count). The molecule has 0 atom stereocenters. The standard InChI is InChI=1S/C26H30/c1-3-5-11-21-13-9-15-23(19-21)25-17-7-8-18-26(25)24-16-10-14-22(20-24)12-6-4-2/h7-10,13-20H,3-6,11-12H2,1-2H3. The Morgan fingerprint density at radius 1 is 0.538 bits per heavy atom. The summed E-state index contributed by atoms with van der Waals surface area (Å²) in [7, 11) is 0. The Labute approximate surface area is 158 Å². The van der Waals surface area contributed by atoms with E-state index in [1.54, 1.807) is 0 Å². The summed E-state index contributed by atoms with van der Waals surface area (Å²) in [5, 5.41) is 0. The molecule has 0 aliphatic rings. The summed E-state index contributed by atoms with van der Waals surface area (Å²) in [5.41, 5.74) is 8.20. The molecule has 26 heavy (non-hydrogen) atoms. The zero-order valence-electron chi connectivity index (χ0n) is 16.2. The van der Waals surface area contributed by atoms with Gasteiger partial charge in [0, 0.05) is 0 Å². The van der Waals surface area contributed by atoms with E-state index in [0.29, 0.717) is 0 Å². The molecule has 0 aromatic heterocycles. The van der Waals surface area contributed by atoms with Crippen LogP contribution in [0.3, 0.4) is 0 Å². The van der Waals surface area contributed by atoms with Crippen molar-refractivity contribution in [1.82, 2.24) is 0 Å². The lowest BCUT2D eigenvalue weighted by molar-refractivity contribution is 0.795. The highest BCUT2D eigenvalue weighted by Gasteiger charge is 2.08. The first kappa shape index (κ1) is 18.5. The fraction of sp³-hybridized carbons (Fsp3) is 0.308. The lowest BCUT2D eigenvalue weighted by Crippen LogP contribution is -1.90. The largest absolute Gasteiger partial charge is 0.0654 e. The minimum Gasteiger partial charge on any atom is -0.0654 e. The van der Waals surface area contributed by atoms with Gasteiger partial charge in [-0.2, -0.15) is 0 Å². The summed E-state index contributed by atoms with van der Waals surface area (Å²) in [6.07, 6.45) is 7.32. The molecule has 134 valence electrons. The maximum Gasteiger partial charge on any atom is -0.0105 e. The number of aryl methyl sites for hydroxylation is 2. The molecule has 0 aliphatic heterocycles. The van der Waals surface area contributed by atoms with Crippen LogP contribution in [0.1, 0.15) is 50.7 Å². The fourth-order valence-corrected chi connectivity index (χ4v) is 3.54. The average Bonchev–Trinajstić information content (AvgIpc) is 2.71. The predicted molar refractivity (Wildman–Crippen MR) is 115 cm³/mol. The first-order valence-corrected chi connectivity index (χ1v) is 10.1. The van der Waals surface area contributed by atoms with E-state index >= 15 is 0 Å². The summed E-state index contributed by atoms with van der Waals surface area (Å²) in [6.45, 7) is 4.51. The van der Waals surface area contributed by atoms with Crippen LogP contribution in [0.2, 0.25) is 0 Å². The second-order valence-corrected chi connectivity index (χ2v) is 7.15. The Kier molecular flexibility index (Phi) is 6.66. The van der Waals surface area contributed by atoms with E-state index in [9.17, 15) is 0 Å². The van der Waals surface area contributed by atoms with E-state index < -0.39 is 0 Å². The van der Waals surface area contributed by atoms with Gasteiger partial charge in [0.25, 0.3) is 0 Å². The molecule has 0 saturated heterocycles. The van der Waals surface area contributed by atoms with Crippen molar-refractivity contribution in [3.05, 3.63) is 83.9 Å². The van der Waals surface area contributed by atoms with Gasteiger partial charge in [-0.05, 0) is 59.1 Å². The number of unbranched alkanes of at least 4 members (excludes halogenated alkanes) is 2. The highest BCUT2D eigenvalue weighted by Crippen LogP contribution is 2.33. The van der Waals surface area contributed by atoms with Crippen LogP contribution in [0, 0.1) is 0 Å². The lowest BCUT2D eigenvalue weighted by Gasteiger charge is -2.13. The second kappa shape index (κ2) is 9.38. The highest BCUT2D eigenvalue weighted by atomic mass is 14.1. The van der Waals surface area contributed by atoms with Crippen LogP contribution < -0.4 is 0 Å². The van der Waals surface area contributed by atoms with Crippen LogP contribution >= 0.6 is 0 Å². The van der Waals surface area contributed by atoms with Gasteiger partial charge in [-0.3, -0.25) is 0 Å². The van der Waals surface area contributed by atoms with Gasteiger partial charge in [0.2, 0.25) is 0 Å². The third-order valence-electron chi connectivity index (χ3n) is 5.04. The van der Waals surface area contributed by atoms with Crippen molar-refractivity contribution in [2.24, 2.45) is 0 Å². The van der Waals surface area contributed by atoms with E-state index in [1.807, 2.05) is 0 Å². The smallest absolute Gasteiger partial charge is 0.0105 e. The van der Waals surface area contributed by atoms with Gasteiger partial charge >= 0.3 is 0 Å². The quantitative estimate of drug-likeness (QED) is 0.393. The van der Waals surface area contributed by atoms with Crippen LogP contribution in [0.25, 0.3) is 22.3 Å². The number of hydrogen-bond donors (Lipinski definition) is 0. The van der Waals surface area contributed by atoms with Crippen LogP contribution in [0.5, 0.6) is 0 Å². The minimum atomic E-state index is 1.17. The highest BCUT2D eigenvalue weighted by molar-refractivity contribution is 5.83. The van der Waals surface area contributed by atoms with Crippen molar-refractivity contribution >= 4 is 0 Å². The van der Waals surface area contributed by atoms with Crippen LogP contribution in [-0.2, 0) is 12.8 Å². The number of hydrogen-bond acceptors (Lipinski definition) is 0. The molecule has 0 radical (unpaired) electrons. The third-order valence-corrected chi connectivity index (χ3v) is 5.04. The molecule has 3 aromatic rings. The van der Waals surface area contributed by atoms with E-state index in [4.69, 9.17) is 0 Å². The third kappa shape index (κ3) is 4.64. The first-order valence-electron chi connectivity index (χ1n) is 10.1. The molecule has 0 bridgehead atoms. The SMILES string of the molecule is CCCCc1cccc(-c2ccccc2-c2cccc(CCCC)c2)c1. The second-order valence-electron chi connectivity index (χ2n) is 7.15. The maximum absolute atomic E-state index is 2.37.